The number of nitrogens with zero attached hydrogens (tertiary/aromatic N) is 2. The number of carbonyl (C=O) groups excluding carboxylic acids is 3. The number of furan rings is 1. The molecule has 1 spiro atoms. The average molecular weight is 611 g/mol. The van der Waals surface area contributed by atoms with Gasteiger partial charge in [0.25, 0.3) is 0 Å². The van der Waals surface area contributed by atoms with Gasteiger partial charge in [-0.25, -0.2) is 0 Å². The monoisotopic (exact) mass is 610 g/mol. The van der Waals surface area contributed by atoms with Crippen molar-refractivity contribution in [3.63, 3.8) is 0 Å². The molecule has 1 saturated heterocycles. The van der Waals surface area contributed by atoms with Crippen molar-refractivity contribution < 1.29 is 33.0 Å². The molecule has 1 saturated carbocycles. The molecule has 0 radical (unpaired) electrons. The van der Waals surface area contributed by atoms with Gasteiger partial charge in [-0.05, 0) is 68.0 Å². The summed E-state index contributed by atoms with van der Waals surface area (Å²) in [6.07, 6.45) is 9.30. The summed E-state index contributed by atoms with van der Waals surface area (Å²) < 4.78 is 24.3. The number of likely N-dealkylation sites (N-methyl/N-ethyl adjacent to an activating group) is 1. The Kier molecular flexibility index (Phi) is 7.31. The second-order valence-electron chi connectivity index (χ2n) is 12.7. The zero-order valence-corrected chi connectivity index (χ0v) is 25.9. The number of rotatable bonds is 8. The van der Waals surface area contributed by atoms with E-state index in [2.05, 4.69) is 29.2 Å². The SMILES string of the molecule is CC(=O)Oc1ccc2c3c1O[C@H]1[C@H](N(C)C(=O)/C=C/c4ccoc4)CC[C@@]4(OC(C)=O)[C@@H](C2)N(CCc2ccccc2)CC[C@]314. The molecule has 3 heterocycles. The van der Waals surface area contributed by atoms with Gasteiger partial charge in [0.2, 0.25) is 5.91 Å². The molecular weight excluding hydrogens is 572 g/mol. The largest absolute Gasteiger partial charge is 0.483 e. The number of amides is 1. The quantitative estimate of drug-likeness (QED) is 0.206. The molecule has 4 aliphatic rings. The minimum atomic E-state index is -0.876. The highest BCUT2D eigenvalue weighted by atomic mass is 16.6. The number of benzene rings is 2. The van der Waals surface area contributed by atoms with E-state index < -0.39 is 23.1 Å². The Morgan fingerprint density at radius 2 is 1.89 bits per heavy atom. The molecule has 2 bridgehead atoms. The minimum absolute atomic E-state index is 0.0778. The predicted molar refractivity (Wildman–Crippen MR) is 166 cm³/mol. The molecule has 7 rings (SSSR count). The Hall–Kier alpha value is -4.37. The van der Waals surface area contributed by atoms with Gasteiger partial charge in [-0.15, -0.1) is 0 Å². The standard InChI is InChI=1S/C36H38N2O7/c1-23(39)43-29-11-10-27-21-30-36(45-24(2)40)16-13-28(37(3)31(41)12-9-26-15-20-42-22-26)34-35(36,32(27)33(29)44-34)17-19-38(30)18-14-25-7-5-4-6-8-25/h4-12,15,20,22,28,30,34H,13-14,16-19,21H2,1-3H3/b12-9+/t28-,30-,34+,35+,36-/m1/s1. The molecule has 5 atom stereocenters. The Bertz CT molecular complexity index is 1650. The zero-order chi connectivity index (χ0) is 31.3. The first-order valence-electron chi connectivity index (χ1n) is 15.7. The molecule has 1 amide bonds. The van der Waals surface area contributed by atoms with Crippen LogP contribution in [0, 0.1) is 0 Å². The van der Waals surface area contributed by atoms with E-state index in [0.717, 1.165) is 36.2 Å². The molecule has 3 aromatic rings. The molecule has 9 heteroatoms. The number of hydrogen-bond acceptors (Lipinski definition) is 8. The van der Waals surface area contributed by atoms with Crippen molar-refractivity contribution in [3.8, 4) is 11.5 Å². The molecule has 0 N–H and O–H groups in total. The van der Waals surface area contributed by atoms with Crippen LogP contribution in [-0.2, 0) is 37.4 Å². The van der Waals surface area contributed by atoms with Crippen LogP contribution in [0.4, 0.5) is 0 Å². The van der Waals surface area contributed by atoms with E-state index in [0.29, 0.717) is 37.2 Å². The highest BCUT2D eigenvalue weighted by molar-refractivity contribution is 5.92. The number of carbonyl (C=O) groups is 3. The lowest BCUT2D eigenvalue weighted by molar-refractivity contribution is -0.223. The average Bonchev–Trinajstić information content (AvgIpc) is 3.66. The van der Waals surface area contributed by atoms with Crippen LogP contribution < -0.4 is 9.47 Å². The summed E-state index contributed by atoms with van der Waals surface area (Å²) in [5, 5.41) is 0. The molecule has 2 fully saturated rings. The van der Waals surface area contributed by atoms with Crippen LogP contribution in [0.25, 0.3) is 6.08 Å². The summed E-state index contributed by atoms with van der Waals surface area (Å²) in [5.74, 6) is -0.0420. The van der Waals surface area contributed by atoms with E-state index in [4.69, 9.17) is 18.6 Å². The highest BCUT2D eigenvalue weighted by Gasteiger charge is 2.75. The first-order chi connectivity index (χ1) is 21.7. The van der Waals surface area contributed by atoms with E-state index in [1.165, 1.54) is 19.4 Å². The van der Waals surface area contributed by atoms with Gasteiger partial charge in [-0.2, -0.15) is 0 Å². The first-order valence-corrected chi connectivity index (χ1v) is 15.7. The second-order valence-corrected chi connectivity index (χ2v) is 12.7. The first kappa shape index (κ1) is 29.3. The fourth-order valence-electron chi connectivity index (χ4n) is 8.66. The van der Waals surface area contributed by atoms with Gasteiger partial charge in [-0.3, -0.25) is 19.3 Å². The summed E-state index contributed by atoms with van der Waals surface area (Å²) in [4.78, 5) is 43.0. The lowest BCUT2D eigenvalue weighted by Crippen LogP contribution is -2.79. The zero-order valence-electron chi connectivity index (χ0n) is 25.9. The molecule has 2 aromatic carbocycles. The Morgan fingerprint density at radius 1 is 1.07 bits per heavy atom. The normalized spacial score (nSPS) is 27.8. The van der Waals surface area contributed by atoms with E-state index in [1.807, 2.05) is 18.2 Å². The van der Waals surface area contributed by atoms with E-state index in [1.54, 1.807) is 42.7 Å². The number of likely N-dealkylation sites (tertiary alicyclic amines) is 1. The predicted octanol–water partition coefficient (Wildman–Crippen LogP) is 4.71. The summed E-state index contributed by atoms with van der Waals surface area (Å²) in [7, 11) is 1.80. The van der Waals surface area contributed by atoms with Crippen molar-refractivity contribution in [2.75, 3.05) is 20.1 Å². The van der Waals surface area contributed by atoms with Crippen molar-refractivity contribution in [1.82, 2.24) is 9.80 Å². The smallest absolute Gasteiger partial charge is 0.308 e. The summed E-state index contributed by atoms with van der Waals surface area (Å²) in [6, 6.07) is 15.7. The van der Waals surface area contributed by atoms with Crippen molar-refractivity contribution in [1.29, 1.82) is 0 Å². The third kappa shape index (κ3) is 4.67. The van der Waals surface area contributed by atoms with Gasteiger partial charge < -0.3 is 23.5 Å². The summed E-state index contributed by atoms with van der Waals surface area (Å²) >= 11 is 0. The number of ether oxygens (including phenoxy) is 3. The van der Waals surface area contributed by atoms with Crippen molar-refractivity contribution in [3.05, 3.63) is 89.4 Å². The topological polar surface area (TPSA) is 98.5 Å². The Morgan fingerprint density at radius 3 is 2.62 bits per heavy atom. The molecule has 234 valence electrons. The Balaban J connectivity index is 1.32. The van der Waals surface area contributed by atoms with Crippen LogP contribution in [0.15, 0.2) is 71.6 Å². The van der Waals surface area contributed by atoms with E-state index in [-0.39, 0.29) is 24.0 Å². The van der Waals surface area contributed by atoms with Crippen LogP contribution in [0.3, 0.4) is 0 Å². The second kappa shape index (κ2) is 11.2. The number of hydrogen-bond donors (Lipinski definition) is 0. The minimum Gasteiger partial charge on any atom is -0.483 e. The Labute approximate surface area is 262 Å². The van der Waals surface area contributed by atoms with Gasteiger partial charge in [0.15, 0.2) is 11.5 Å². The molecule has 45 heavy (non-hydrogen) atoms. The van der Waals surface area contributed by atoms with Gasteiger partial charge in [-0.1, -0.05) is 36.4 Å². The lowest BCUT2D eigenvalue weighted by Gasteiger charge is -2.65. The van der Waals surface area contributed by atoms with Crippen LogP contribution >= 0.6 is 0 Å². The van der Waals surface area contributed by atoms with Crippen molar-refractivity contribution >= 4 is 23.9 Å². The van der Waals surface area contributed by atoms with Gasteiger partial charge in [0.1, 0.15) is 11.7 Å². The van der Waals surface area contributed by atoms with Crippen LogP contribution in [0.2, 0.25) is 0 Å². The molecule has 9 nitrogen and oxygen atoms in total. The van der Waals surface area contributed by atoms with Gasteiger partial charge >= 0.3 is 11.9 Å². The molecular formula is C36H38N2O7. The number of piperidine rings is 1. The fraction of sp³-hybridized carbons (Fsp3) is 0.417. The lowest BCUT2D eigenvalue weighted by atomic mass is 9.48. The van der Waals surface area contributed by atoms with Crippen LogP contribution in [0.5, 0.6) is 11.5 Å². The van der Waals surface area contributed by atoms with E-state index in [9.17, 15) is 14.4 Å². The van der Waals surface area contributed by atoms with Gasteiger partial charge in [0, 0.05) is 44.6 Å². The third-order valence-corrected chi connectivity index (χ3v) is 10.4. The fourth-order valence-corrected chi connectivity index (χ4v) is 8.66. The third-order valence-electron chi connectivity index (χ3n) is 10.4. The molecule has 1 aromatic heterocycles. The maximum absolute atomic E-state index is 13.6. The number of esters is 2. The van der Waals surface area contributed by atoms with E-state index >= 15 is 0 Å². The van der Waals surface area contributed by atoms with Crippen LogP contribution in [-0.4, -0.2) is 71.6 Å². The van der Waals surface area contributed by atoms with Crippen molar-refractivity contribution in [2.24, 2.45) is 0 Å². The summed E-state index contributed by atoms with van der Waals surface area (Å²) in [5.41, 5.74) is 2.53. The molecule has 0 unspecified atom stereocenters. The molecule has 2 aliphatic heterocycles. The summed E-state index contributed by atoms with van der Waals surface area (Å²) in [6.45, 7) is 4.46. The van der Waals surface area contributed by atoms with Crippen molar-refractivity contribution in [2.45, 2.75) is 75.2 Å². The van der Waals surface area contributed by atoms with Gasteiger partial charge in [0.05, 0.1) is 30.0 Å². The van der Waals surface area contributed by atoms with Crippen LogP contribution in [0.1, 0.15) is 55.4 Å². The maximum Gasteiger partial charge on any atom is 0.308 e. The highest BCUT2D eigenvalue weighted by Crippen LogP contribution is 2.67. The maximum atomic E-state index is 13.6. The molecule has 2 aliphatic carbocycles.